The molecule has 5 radical (unpaired) electrons. The van der Waals surface area contributed by atoms with Gasteiger partial charge in [0.05, 0.1) is 62.0 Å². The SMILES string of the molecule is CC(=O)C=C(C)O.CC(=O)C=C(C)O.CC(=O)C=C(C)O.CC(=O)C=C(C)O.CC(O)=CC(C)O.CN(C)c1ccc2[c-]c(-c3nc4ccccc4s3)c(=O)oc2c1.[Ir].[Ir].[Ir].[Ir].[Ir].[c-]1cc2ccccc2cc1-c1nccc2ccccc12.[c-]1ccc2ccccc2c1-c1nc2ccccc2s1.[c-]1ccccc1-c1ccccn1.[c-]1ccccc1-c1nc2ccccc2s1. The molecule has 129 heavy (non-hydrogen) atoms. The largest absolute Gasteiger partial charge is 0.513 e. The Balaban J connectivity index is 0.000000381. The van der Waals surface area contributed by atoms with Gasteiger partial charge in [0, 0.05) is 181 Å². The number of aliphatic hydroxyl groups is 6. The predicted octanol–water partition coefficient (Wildman–Crippen LogP) is 25.0. The van der Waals surface area contributed by atoms with E-state index >= 15 is 0 Å². The van der Waals surface area contributed by atoms with E-state index in [2.05, 4.69) is 153 Å². The van der Waals surface area contributed by atoms with Crippen molar-refractivity contribution in [3.63, 3.8) is 0 Å². The number of pyridine rings is 2. The van der Waals surface area contributed by atoms with Crippen molar-refractivity contribution in [2.24, 2.45) is 0 Å². The van der Waals surface area contributed by atoms with Gasteiger partial charge in [-0.25, -0.2) is 0 Å². The first-order chi connectivity index (χ1) is 59.5. The number of anilines is 1. The van der Waals surface area contributed by atoms with Crippen molar-refractivity contribution in [3.05, 3.63) is 373 Å². The predicted molar refractivity (Wildman–Crippen MR) is 508 cm³/mol. The molecule has 1 atom stereocenters. The topological polar surface area (TPSA) is 288 Å². The molecule has 0 saturated carbocycles. The van der Waals surface area contributed by atoms with Gasteiger partial charge in [0.25, 0.3) is 5.63 Å². The Morgan fingerprint density at radius 2 is 0.837 bits per heavy atom. The molecule has 0 aliphatic carbocycles. The summed E-state index contributed by atoms with van der Waals surface area (Å²) < 4.78 is 8.98. The minimum Gasteiger partial charge on any atom is -0.513 e. The number of para-hydroxylation sites is 3. The summed E-state index contributed by atoms with van der Waals surface area (Å²) in [6, 6.07) is 103. The molecule has 6 N–H and O–H groups in total. The van der Waals surface area contributed by atoms with E-state index in [1.54, 1.807) is 35.8 Å². The normalized spacial score (nSPS) is 10.9. The van der Waals surface area contributed by atoms with Crippen LogP contribution in [-0.4, -0.2) is 98.9 Å². The molecule has 675 valence electrons. The van der Waals surface area contributed by atoms with E-state index in [-0.39, 0.29) is 152 Å². The van der Waals surface area contributed by atoms with Crippen LogP contribution in [0.2, 0.25) is 0 Å². The molecule has 0 aliphatic rings. The van der Waals surface area contributed by atoms with E-state index < -0.39 is 11.7 Å². The monoisotopic (exact) mass is 2670 g/mol. The van der Waals surface area contributed by atoms with Gasteiger partial charge in [-0.2, -0.15) is 34.0 Å². The molecule has 26 heteroatoms. The van der Waals surface area contributed by atoms with Crippen LogP contribution in [0.1, 0.15) is 69.2 Å². The molecule has 0 bridgehead atoms. The number of fused-ring (bicyclic) bond motifs is 7. The maximum absolute atomic E-state index is 12.3. The van der Waals surface area contributed by atoms with Gasteiger partial charge in [0.1, 0.15) is 0 Å². The number of hydrogen-bond donors (Lipinski definition) is 6. The Kier molecular flexibility index (Phi) is 50.6. The average Bonchev–Trinajstić information content (AvgIpc) is 1.72. The number of hydrogen-bond acceptors (Lipinski definition) is 21. The van der Waals surface area contributed by atoms with E-state index in [9.17, 15) is 24.0 Å². The van der Waals surface area contributed by atoms with Crippen LogP contribution in [0.3, 0.4) is 0 Å². The summed E-state index contributed by atoms with van der Waals surface area (Å²) in [6.07, 6.45) is 9.14. The van der Waals surface area contributed by atoms with Crippen LogP contribution in [0.25, 0.3) is 128 Å². The number of allylic oxidation sites excluding steroid dienone is 9. The zero-order valence-corrected chi connectivity index (χ0v) is 86.6. The molecule has 17 aromatic rings. The van der Waals surface area contributed by atoms with Gasteiger partial charge in [-0.15, -0.1) is 142 Å². The van der Waals surface area contributed by atoms with E-state index in [0.29, 0.717) is 16.2 Å². The third-order valence-corrected chi connectivity index (χ3v) is 19.7. The summed E-state index contributed by atoms with van der Waals surface area (Å²) in [7, 11) is 3.89. The van der Waals surface area contributed by atoms with Crippen LogP contribution in [-0.2, 0) is 120 Å². The average molecular weight is 2660 g/mol. The number of benzene rings is 11. The zero-order chi connectivity index (χ0) is 89.6. The smallest absolute Gasteiger partial charge is 0.269 e. The molecule has 6 aromatic heterocycles. The third-order valence-electron chi connectivity index (χ3n) is 16.5. The van der Waals surface area contributed by atoms with Crippen molar-refractivity contribution < 1.29 is 155 Å². The summed E-state index contributed by atoms with van der Waals surface area (Å²) in [5.74, 6) is -0.0880. The fourth-order valence-electron chi connectivity index (χ4n) is 11.5. The third kappa shape index (κ3) is 38.2. The molecule has 18 nitrogen and oxygen atoms in total. The van der Waals surface area contributed by atoms with Gasteiger partial charge >= 0.3 is 0 Å². The van der Waals surface area contributed by atoms with Crippen LogP contribution in [0.4, 0.5) is 5.69 Å². The second kappa shape index (κ2) is 58.3. The minimum atomic E-state index is -0.537. The van der Waals surface area contributed by atoms with Gasteiger partial charge in [-0.05, 0) is 158 Å². The van der Waals surface area contributed by atoms with Crippen molar-refractivity contribution in [1.29, 1.82) is 0 Å². The number of rotatable bonds is 11. The maximum atomic E-state index is 12.3. The minimum absolute atomic E-state index is 0. The molecule has 17 rings (SSSR count). The first-order valence-electron chi connectivity index (χ1n) is 38.8. The standard InChI is InChI=1S/C19H12N.C18H13N2O2S.C17H10NS.C13H8NS.C11H8N.C5H10O2.4C5H8O2.5Ir/c1-2-7-16-13-17(10-9-14(16)5-1)19-18-8-4-3-6-15(18)11-12-20-19;1-20(2)12-8-7-11-9-13(18(21)22-15(11)10-12)17-19-14-5-3-4-6-16(14)23-17;1-2-8-13-12(6-1)7-5-9-14(13)17-18-15-10-3-4-11-16(15)19-17;1-2-6-10(7-3-1)13-14-11-8-4-5-9-12(11)15-13;1-2-6-10(7-3-1)11-8-4-5-9-12-11;5*1-4(6)3-5(2)7;;;;;/h1-9,11-13H;3-8,10H,1-2H3;1-8,10-11H;1-6,8-9H;1-6,8-9H;3-4,6-7H,1-2H3;4*3,6H,1-2H3;;;;;/q5*-1;;;;;;;;;;. The number of carbonyl (C=O) groups is 4. The van der Waals surface area contributed by atoms with Crippen molar-refractivity contribution in [2.45, 2.75) is 75.3 Å². The summed E-state index contributed by atoms with van der Waals surface area (Å²) in [5.41, 5.74) is 10.7. The molecular formula is C103H93Ir5N6O12S3-5. The summed E-state index contributed by atoms with van der Waals surface area (Å²) in [5, 5.41) is 61.1. The summed E-state index contributed by atoms with van der Waals surface area (Å²) in [6.45, 7) is 14.5. The Labute approximate surface area is 830 Å². The maximum Gasteiger partial charge on any atom is 0.269 e. The second-order valence-corrected chi connectivity index (χ2v) is 30.7. The van der Waals surface area contributed by atoms with Gasteiger partial charge in [-0.1, -0.05) is 144 Å². The zero-order valence-electron chi connectivity index (χ0n) is 72.2. The van der Waals surface area contributed by atoms with Crippen LogP contribution < -0.4 is 10.5 Å². The Bertz CT molecular complexity index is 6380. The number of nitrogens with zero attached hydrogens (tertiary/aromatic N) is 6. The number of aromatic nitrogens is 5. The van der Waals surface area contributed by atoms with Gasteiger partial charge in [0.2, 0.25) is 0 Å². The molecule has 0 saturated heterocycles. The first kappa shape index (κ1) is 112. The van der Waals surface area contributed by atoms with Gasteiger partial charge < -0.3 is 49.9 Å². The molecule has 6 heterocycles. The summed E-state index contributed by atoms with van der Waals surface area (Å²) in [4.78, 5) is 77.0. The molecule has 0 aliphatic heterocycles. The van der Waals surface area contributed by atoms with Crippen molar-refractivity contribution in [2.75, 3.05) is 19.0 Å². The van der Waals surface area contributed by atoms with Crippen LogP contribution >= 0.6 is 34.0 Å². The second-order valence-electron chi connectivity index (χ2n) is 27.6. The van der Waals surface area contributed by atoms with Crippen molar-refractivity contribution in [3.8, 4) is 54.2 Å². The van der Waals surface area contributed by atoms with Gasteiger partial charge in [-0.3, -0.25) is 38.9 Å². The van der Waals surface area contributed by atoms with E-state index in [1.807, 2.05) is 183 Å². The fourth-order valence-corrected chi connectivity index (χ4v) is 14.4. The summed E-state index contributed by atoms with van der Waals surface area (Å²) >= 11 is 4.90. The quantitative estimate of drug-likeness (QED) is 0.0304. The van der Waals surface area contributed by atoms with Crippen molar-refractivity contribution in [1.82, 2.24) is 24.9 Å². The molecule has 0 fully saturated rings. The van der Waals surface area contributed by atoms with E-state index in [0.717, 1.165) is 76.0 Å². The number of carbonyl (C=O) groups excluding carboxylic acids is 4. The Morgan fingerprint density at radius 3 is 1.28 bits per heavy atom. The molecular weight excluding hydrogens is 2570 g/mol. The van der Waals surface area contributed by atoms with Gasteiger partial charge in [0.15, 0.2) is 23.1 Å². The Morgan fingerprint density at radius 1 is 0.403 bits per heavy atom. The number of ketones is 4. The van der Waals surface area contributed by atoms with E-state index in [1.165, 1.54) is 146 Å². The number of thiazole rings is 3. The first-order valence-corrected chi connectivity index (χ1v) is 41.2. The number of aliphatic hydroxyl groups excluding tert-OH is 6. The van der Waals surface area contributed by atoms with Crippen molar-refractivity contribution >= 4 is 137 Å². The fraction of sp³-hybridized carbons (Fsp3) is 0.126. The Hall–Kier alpha value is -11.2. The molecule has 11 aromatic carbocycles. The molecule has 0 amide bonds. The molecule has 1 unspecified atom stereocenters. The molecule has 0 spiro atoms. The van der Waals surface area contributed by atoms with E-state index in [4.69, 9.17) is 40.0 Å². The van der Waals surface area contributed by atoms with Crippen LogP contribution in [0, 0.1) is 30.3 Å². The van der Waals surface area contributed by atoms with Crippen LogP contribution in [0.15, 0.2) is 342 Å². The van der Waals surface area contributed by atoms with Crippen LogP contribution in [0.5, 0.6) is 0 Å².